The van der Waals surface area contributed by atoms with Gasteiger partial charge in [-0.3, -0.25) is 0 Å². The van der Waals surface area contributed by atoms with Crippen LogP contribution in [-0.2, 0) is 0 Å². The lowest BCUT2D eigenvalue weighted by Gasteiger charge is -2.41. The zero-order valence-electron chi connectivity index (χ0n) is 17.7. The van der Waals surface area contributed by atoms with E-state index in [1.54, 1.807) is 0 Å². The summed E-state index contributed by atoms with van der Waals surface area (Å²) in [6.45, 7) is 15.4. The molecule has 2 fully saturated rings. The molecule has 0 amide bonds. The van der Waals surface area contributed by atoms with Crippen LogP contribution in [0.2, 0.25) is 0 Å². The van der Waals surface area contributed by atoms with E-state index in [2.05, 4.69) is 27.7 Å². The third kappa shape index (κ3) is 6.04. The quantitative estimate of drug-likeness (QED) is 0.576. The van der Waals surface area contributed by atoms with Gasteiger partial charge in [0.05, 0.1) is 6.10 Å². The van der Waals surface area contributed by atoms with E-state index in [0.717, 1.165) is 29.6 Å². The summed E-state index contributed by atoms with van der Waals surface area (Å²) >= 11 is 0. The monoisotopic (exact) mass is 338 g/mol. The second kappa shape index (κ2) is 10.8. The molecular formula is C23H46O. The minimum atomic E-state index is -0.169. The van der Waals surface area contributed by atoms with Gasteiger partial charge in [0.2, 0.25) is 0 Å². The summed E-state index contributed by atoms with van der Waals surface area (Å²) < 4.78 is 0. The van der Waals surface area contributed by atoms with Gasteiger partial charge in [0.25, 0.3) is 0 Å². The molecule has 0 saturated heterocycles. The largest absolute Gasteiger partial charge is 0.393 e. The number of rotatable bonds is 5. The van der Waals surface area contributed by atoms with Crippen molar-refractivity contribution >= 4 is 0 Å². The minimum absolute atomic E-state index is 0.169. The molecule has 0 aromatic rings. The maximum Gasteiger partial charge on any atom is 0.0540 e. The highest BCUT2D eigenvalue weighted by molar-refractivity contribution is 4.85. The molecule has 2 rings (SSSR count). The van der Waals surface area contributed by atoms with Crippen LogP contribution in [0, 0.1) is 41.4 Å². The summed E-state index contributed by atoms with van der Waals surface area (Å²) in [5.74, 6) is 5.77. The molecule has 0 radical (unpaired) electrons. The molecule has 144 valence electrons. The van der Waals surface area contributed by atoms with Crippen molar-refractivity contribution in [2.45, 2.75) is 106 Å². The highest BCUT2D eigenvalue weighted by Gasteiger charge is 2.34. The normalized spacial score (nSPS) is 36.0. The second-order valence-corrected chi connectivity index (χ2v) is 9.01. The van der Waals surface area contributed by atoms with Gasteiger partial charge in [-0.05, 0) is 86.9 Å². The molecule has 0 bridgehead atoms. The van der Waals surface area contributed by atoms with Crippen LogP contribution in [0.1, 0.15) is 99.8 Å². The maximum atomic E-state index is 9.87. The van der Waals surface area contributed by atoms with Gasteiger partial charge in [-0.25, -0.2) is 0 Å². The van der Waals surface area contributed by atoms with Crippen LogP contribution in [0.5, 0.6) is 0 Å². The smallest absolute Gasteiger partial charge is 0.0540 e. The summed E-state index contributed by atoms with van der Waals surface area (Å²) in [5, 5.41) is 9.87. The first kappa shape index (κ1) is 22.0. The van der Waals surface area contributed by atoms with Gasteiger partial charge in [-0.15, -0.1) is 0 Å². The lowest BCUT2D eigenvalue weighted by atomic mass is 9.65. The van der Waals surface area contributed by atoms with Gasteiger partial charge >= 0.3 is 0 Å². The number of hydrogen-bond donors (Lipinski definition) is 1. The molecule has 1 heteroatoms. The Bertz CT molecular complexity index is 308. The molecule has 1 N–H and O–H groups in total. The van der Waals surface area contributed by atoms with Crippen molar-refractivity contribution in [2.24, 2.45) is 41.4 Å². The molecule has 0 spiro atoms. The summed E-state index contributed by atoms with van der Waals surface area (Å²) in [6.07, 6.45) is 11.6. The Hall–Kier alpha value is -0.0400. The summed E-state index contributed by atoms with van der Waals surface area (Å²) in [7, 11) is 0. The van der Waals surface area contributed by atoms with Crippen LogP contribution < -0.4 is 0 Å². The van der Waals surface area contributed by atoms with Gasteiger partial charge in [-0.1, -0.05) is 54.4 Å². The lowest BCUT2D eigenvalue weighted by molar-refractivity contribution is 0.0534. The Labute approximate surface area is 153 Å². The highest BCUT2D eigenvalue weighted by atomic mass is 16.3. The molecule has 1 nitrogen and oxygen atoms in total. The van der Waals surface area contributed by atoms with Crippen LogP contribution in [-0.4, -0.2) is 11.2 Å². The van der Waals surface area contributed by atoms with Gasteiger partial charge in [0, 0.05) is 0 Å². The molecule has 0 heterocycles. The van der Waals surface area contributed by atoms with E-state index in [1.807, 2.05) is 20.8 Å². The van der Waals surface area contributed by atoms with Crippen molar-refractivity contribution in [1.82, 2.24) is 0 Å². The number of aliphatic hydroxyl groups excluding tert-OH is 1. The van der Waals surface area contributed by atoms with E-state index in [0.29, 0.717) is 11.8 Å². The fourth-order valence-corrected chi connectivity index (χ4v) is 5.25. The predicted molar refractivity (Wildman–Crippen MR) is 107 cm³/mol. The summed E-state index contributed by atoms with van der Waals surface area (Å²) in [5.41, 5.74) is 0. The topological polar surface area (TPSA) is 20.2 Å². The van der Waals surface area contributed by atoms with Crippen molar-refractivity contribution in [3.63, 3.8) is 0 Å². The molecule has 0 aliphatic heterocycles. The van der Waals surface area contributed by atoms with Crippen LogP contribution in [0.25, 0.3) is 0 Å². The number of hydrogen-bond acceptors (Lipinski definition) is 1. The molecule has 24 heavy (non-hydrogen) atoms. The van der Waals surface area contributed by atoms with Gasteiger partial charge in [0.15, 0.2) is 0 Å². The third-order valence-corrected chi connectivity index (χ3v) is 7.71. The average molecular weight is 339 g/mol. The van der Waals surface area contributed by atoms with E-state index in [4.69, 9.17) is 0 Å². The molecule has 2 aliphatic carbocycles. The second-order valence-electron chi connectivity index (χ2n) is 9.01. The van der Waals surface area contributed by atoms with Crippen LogP contribution in [0.3, 0.4) is 0 Å². The zero-order valence-corrected chi connectivity index (χ0v) is 17.7. The predicted octanol–water partition coefficient (Wildman–Crippen LogP) is 6.93. The molecule has 0 aromatic carbocycles. The Balaban J connectivity index is 0.00000139. The van der Waals surface area contributed by atoms with E-state index in [-0.39, 0.29) is 6.10 Å². The average Bonchev–Trinajstić information content (AvgIpc) is 2.62. The fourth-order valence-electron chi connectivity index (χ4n) is 5.25. The Morgan fingerprint density at radius 3 is 1.50 bits per heavy atom. The SMILES string of the molecule is CC.CC1CCC(C2CCC(C(C)C(C)C(C)C(C)O)CC2)CC1. The first-order valence-electron chi connectivity index (χ1n) is 11.1. The summed E-state index contributed by atoms with van der Waals surface area (Å²) in [4.78, 5) is 0. The van der Waals surface area contributed by atoms with E-state index >= 15 is 0 Å². The Morgan fingerprint density at radius 2 is 1.08 bits per heavy atom. The molecule has 0 aromatic heterocycles. The molecule has 2 aliphatic rings. The standard InChI is InChI=1S/C21H40O.C2H6/c1-14-6-8-20(9-7-14)21-12-10-19(11-13-21)17(4)15(2)16(3)18(5)22;1-2/h14-22H,6-13H2,1-5H3;1-2H3. The van der Waals surface area contributed by atoms with Crippen molar-refractivity contribution in [1.29, 1.82) is 0 Å². The van der Waals surface area contributed by atoms with Crippen LogP contribution in [0.15, 0.2) is 0 Å². The maximum absolute atomic E-state index is 9.87. The first-order valence-corrected chi connectivity index (χ1v) is 11.1. The van der Waals surface area contributed by atoms with E-state index in [9.17, 15) is 5.11 Å². The first-order chi connectivity index (χ1) is 11.4. The molecule has 4 unspecified atom stereocenters. The lowest BCUT2D eigenvalue weighted by Crippen LogP contribution is -2.33. The van der Waals surface area contributed by atoms with Crippen molar-refractivity contribution in [3.05, 3.63) is 0 Å². The van der Waals surface area contributed by atoms with Crippen LogP contribution >= 0.6 is 0 Å². The zero-order chi connectivity index (χ0) is 18.3. The Morgan fingerprint density at radius 1 is 0.667 bits per heavy atom. The molecule has 2 saturated carbocycles. The number of aliphatic hydroxyl groups is 1. The molecular weight excluding hydrogens is 292 g/mol. The molecule has 4 atom stereocenters. The highest BCUT2D eigenvalue weighted by Crippen LogP contribution is 2.44. The fraction of sp³-hybridized carbons (Fsp3) is 1.00. The van der Waals surface area contributed by atoms with E-state index < -0.39 is 0 Å². The minimum Gasteiger partial charge on any atom is -0.393 e. The van der Waals surface area contributed by atoms with E-state index in [1.165, 1.54) is 51.4 Å². The van der Waals surface area contributed by atoms with Gasteiger partial charge in [-0.2, -0.15) is 0 Å². The van der Waals surface area contributed by atoms with Gasteiger partial charge < -0.3 is 5.11 Å². The Kier molecular flexibility index (Phi) is 9.94. The van der Waals surface area contributed by atoms with Crippen LogP contribution in [0.4, 0.5) is 0 Å². The van der Waals surface area contributed by atoms with Gasteiger partial charge in [0.1, 0.15) is 0 Å². The third-order valence-electron chi connectivity index (χ3n) is 7.71. The van der Waals surface area contributed by atoms with Crippen molar-refractivity contribution in [2.75, 3.05) is 0 Å². The van der Waals surface area contributed by atoms with Crippen molar-refractivity contribution in [3.8, 4) is 0 Å². The summed E-state index contributed by atoms with van der Waals surface area (Å²) in [6, 6.07) is 0. The van der Waals surface area contributed by atoms with Crippen molar-refractivity contribution < 1.29 is 5.11 Å².